The number of furan rings is 1. The summed E-state index contributed by atoms with van der Waals surface area (Å²) in [4.78, 5) is 17.7. The van der Waals surface area contributed by atoms with Gasteiger partial charge in [-0.2, -0.15) is 0 Å². The number of benzene rings is 2. The first-order valence-corrected chi connectivity index (χ1v) is 11.9. The summed E-state index contributed by atoms with van der Waals surface area (Å²) in [7, 11) is 1.68. The van der Waals surface area contributed by atoms with E-state index in [9.17, 15) is 9.18 Å². The molecule has 3 aromatic rings. The third-order valence-electron chi connectivity index (χ3n) is 6.42. The lowest BCUT2D eigenvalue weighted by atomic mass is 9.88. The lowest BCUT2D eigenvalue weighted by molar-refractivity contribution is 0.0703. The zero-order chi connectivity index (χ0) is 24.1. The van der Waals surface area contributed by atoms with E-state index in [1.54, 1.807) is 25.5 Å². The highest BCUT2D eigenvalue weighted by molar-refractivity contribution is 5.94. The summed E-state index contributed by atoms with van der Waals surface area (Å²) in [5.41, 5.74) is 1.73. The quantitative estimate of drug-likeness (QED) is 0.423. The van der Waals surface area contributed by atoms with Crippen LogP contribution in [-0.2, 0) is 6.54 Å². The minimum atomic E-state index is -0.339. The van der Waals surface area contributed by atoms with Gasteiger partial charge in [-0.05, 0) is 65.9 Å². The standard InChI is InChI=1S/C28H33FN2O3/c1-20(2)15-31(28(32)21-9-11-24(29)12-10-21)17-23-16-30(18-26-8-5-13-34-26)19-27(23)22-6-4-7-25(14-22)33-3/h4-14,20,23,27H,15-19H2,1-3H3/t23-,27-/m1/s1. The summed E-state index contributed by atoms with van der Waals surface area (Å²) in [6.45, 7) is 7.97. The molecule has 2 atom stereocenters. The number of amides is 1. The Balaban J connectivity index is 1.59. The maximum absolute atomic E-state index is 13.4. The Morgan fingerprint density at radius 3 is 2.62 bits per heavy atom. The largest absolute Gasteiger partial charge is 0.497 e. The third kappa shape index (κ3) is 5.86. The second kappa shape index (κ2) is 10.9. The van der Waals surface area contributed by atoms with Crippen LogP contribution >= 0.6 is 0 Å². The normalized spacial score (nSPS) is 18.4. The van der Waals surface area contributed by atoms with Crippen LogP contribution in [0.25, 0.3) is 0 Å². The second-order valence-corrected chi connectivity index (χ2v) is 9.53. The minimum absolute atomic E-state index is 0.0532. The fourth-order valence-corrected chi connectivity index (χ4v) is 4.89. The number of halogens is 1. The van der Waals surface area contributed by atoms with Crippen LogP contribution in [0.4, 0.5) is 4.39 Å². The van der Waals surface area contributed by atoms with Gasteiger partial charge in [-0.3, -0.25) is 9.69 Å². The maximum Gasteiger partial charge on any atom is 0.253 e. The van der Waals surface area contributed by atoms with Gasteiger partial charge in [0.15, 0.2) is 0 Å². The van der Waals surface area contributed by atoms with Crippen molar-refractivity contribution >= 4 is 5.91 Å². The molecule has 2 aromatic carbocycles. The Bertz CT molecular complexity index is 1070. The van der Waals surface area contributed by atoms with E-state index in [-0.39, 0.29) is 23.6 Å². The summed E-state index contributed by atoms with van der Waals surface area (Å²) < 4.78 is 24.5. The first-order chi connectivity index (χ1) is 16.4. The van der Waals surface area contributed by atoms with Crippen LogP contribution in [0.1, 0.15) is 41.4 Å². The molecule has 1 aliphatic rings. The molecule has 0 saturated carbocycles. The minimum Gasteiger partial charge on any atom is -0.497 e. The molecule has 4 rings (SSSR count). The first-order valence-electron chi connectivity index (χ1n) is 11.9. The fourth-order valence-electron chi connectivity index (χ4n) is 4.89. The Kier molecular flexibility index (Phi) is 7.68. The van der Waals surface area contributed by atoms with E-state index in [1.165, 1.54) is 17.7 Å². The van der Waals surface area contributed by atoms with Crippen molar-refractivity contribution in [1.82, 2.24) is 9.80 Å². The molecule has 1 aliphatic heterocycles. The van der Waals surface area contributed by atoms with Gasteiger partial charge in [0.05, 0.1) is 19.9 Å². The number of rotatable bonds is 9. The summed E-state index contributed by atoms with van der Waals surface area (Å²) in [5, 5.41) is 0. The number of ether oxygens (including phenoxy) is 1. The number of carbonyl (C=O) groups is 1. The zero-order valence-corrected chi connectivity index (χ0v) is 20.1. The molecule has 2 heterocycles. The molecule has 0 unspecified atom stereocenters. The van der Waals surface area contributed by atoms with Crippen molar-refractivity contribution in [2.45, 2.75) is 26.3 Å². The molecule has 0 N–H and O–H groups in total. The lowest BCUT2D eigenvalue weighted by Crippen LogP contribution is -2.39. The number of hydrogen-bond acceptors (Lipinski definition) is 4. The van der Waals surface area contributed by atoms with E-state index >= 15 is 0 Å². The van der Waals surface area contributed by atoms with Gasteiger partial charge < -0.3 is 14.1 Å². The van der Waals surface area contributed by atoms with E-state index in [1.807, 2.05) is 29.2 Å². The van der Waals surface area contributed by atoms with Gasteiger partial charge >= 0.3 is 0 Å². The Hall–Kier alpha value is -3.12. The van der Waals surface area contributed by atoms with Crippen LogP contribution in [0.3, 0.4) is 0 Å². The Morgan fingerprint density at radius 2 is 1.94 bits per heavy atom. The zero-order valence-electron chi connectivity index (χ0n) is 20.1. The average molecular weight is 465 g/mol. The van der Waals surface area contributed by atoms with Crippen molar-refractivity contribution in [1.29, 1.82) is 0 Å². The van der Waals surface area contributed by atoms with Gasteiger partial charge in [-0.1, -0.05) is 26.0 Å². The van der Waals surface area contributed by atoms with Crippen molar-refractivity contribution < 1.29 is 18.3 Å². The molecule has 180 valence electrons. The molecule has 6 heteroatoms. The molecule has 0 spiro atoms. The number of nitrogens with zero attached hydrogens (tertiary/aromatic N) is 2. The second-order valence-electron chi connectivity index (χ2n) is 9.53. The van der Waals surface area contributed by atoms with Gasteiger partial charge in [-0.15, -0.1) is 0 Å². The molecule has 5 nitrogen and oxygen atoms in total. The fraction of sp³-hybridized carbons (Fsp3) is 0.393. The van der Waals surface area contributed by atoms with Gasteiger partial charge in [-0.25, -0.2) is 4.39 Å². The van der Waals surface area contributed by atoms with Crippen LogP contribution in [0.5, 0.6) is 5.75 Å². The molecule has 0 bridgehead atoms. The van der Waals surface area contributed by atoms with Crippen molar-refractivity contribution in [2.75, 3.05) is 33.3 Å². The van der Waals surface area contributed by atoms with E-state index in [4.69, 9.17) is 9.15 Å². The number of hydrogen-bond donors (Lipinski definition) is 0. The maximum atomic E-state index is 13.4. The Morgan fingerprint density at radius 1 is 1.15 bits per heavy atom. The van der Waals surface area contributed by atoms with Gasteiger partial charge in [0.1, 0.15) is 17.3 Å². The van der Waals surface area contributed by atoms with Crippen LogP contribution in [-0.4, -0.2) is 49.0 Å². The number of likely N-dealkylation sites (tertiary alicyclic amines) is 1. The van der Waals surface area contributed by atoms with Gasteiger partial charge in [0.25, 0.3) is 5.91 Å². The Labute approximate surface area is 201 Å². The summed E-state index contributed by atoms with van der Waals surface area (Å²) in [5.74, 6) is 2.19. The molecule has 1 aromatic heterocycles. The number of methoxy groups -OCH3 is 1. The van der Waals surface area contributed by atoms with Crippen LogP contribution in [0.15, 0.2) is 71.3 Å². The molecule has 1 saturated heterocycles. The molecule has 1 fully saturated rings. The molecule has 1 amide bonds. The molecular formula is C28H33FN2O3. The molecule has 34 heavy (non-hydrogen) atoms. The summed E-state index contributed by atoms with van der Waals surface area (Å²) >= 11 is 0. The predicted molar refractivity (Wildman–Crippen MR) is 130 cm³/mol. The van der Waals surface area contributed by atoms with Crippen molar-refractivity contribution in [2.24, 2.45) is 11.8 Å². The topological polar surface area (TPSA) is 45.9 Å². The monoisotopic (exact) mass is 464 g/mol. The molecule has 0 aliphatic carbocycles. The predicted octanol–water partition coefficient (Wildman–Crippen LogP) is 5.44. The van der Waals surface area contributed by atoms with Gasteiger partial charge in [0, 0.05) is 37.7 Å². The summed E-state index contributed by atoms with van der Waals surface area (Å²) in [6.07, 6.45) is 1.70. The summed E-state index contributed by atoms with van der Waals surface area (Å²) in [6, 6.07) is 18.0. The SMILES string of the molecule is COc1cccc([C@H]2CN(Cc3ccco3)C[C@@H]2CN(CC(C)C)C(=O)c2ccc(F)cc2)c1. The lowest BCUT2D eigenvalue weighted by Gasteiger charge is -2.30. The average Bonchev–Trinajstić information content (AvgIpc) is 3.48. The van der Waals surface area contributed by atoms with Crippen molar-refractivity contribution in [3.8, 4) is 5.75 Å². The van der Waals surface area contributed by atoms with Crippen LogP contribution in [0, 0.1) is 17.7 Å². The van der Waals surface area contributed by atoms with Crippen LogP contribution in [0.2, 0.25) is 0 Å². The van der Waals surface area contributed by atoms with E-state index in [0.29, 0.717) is 24.6 Å². The van der Waals surface area contributed by atoms with Crippen molar-refractivity contribution in [3.05, 3.63) is 89.6 Å². The van der Waals surface area contributed by atoms with Crippen LogP contribution < -0.4 is 4.74 Å². The highest BCUT2D eigenvalue weighted by atomic mass is 19.1. The van der Waals surface area contributed by atoms with E-state index < -0.39 is 0 Å². The number of carbonyl (C=O) groups excluding carboxylic acids is 1. The highest BCUT2D eigenvalue weighted by Gasteiger charge is 2.36. The van der Waals surface area contributed by atoms with E-state index in [0.717, 1.165) is 31.1 Å². The van der Waals surface area contributed by atoms with E-state index in [2.05, 4.69) is 30.9 Å². The first kappa shape index (κ1) is 24.0. The van der Waals surface area contributed by atoms with Crippen molar-refractivity contribution in [3.63, 3.8) is 0 Å². The molecular weight excluding hydrogens is 431 g/mol. The smallest absolute Gasteiger partial charge is 0.253 e. The third-order valence-corrected chi connectivity index (χ3v) is 6.42. The molecule has 0 radical (unpaired) electrons. The highest BCUT2D eigenvalue weighted by Crippen LogP contribution is 2.36. The van der Waals surface area contributed by atoms with Gasteiger partial charge in [0.2, 0.25) is 0 Å².